The number of aromatic amines is 2. The zero-order chi connectivity index (χ0) is 20.4. The van der Waals surface area contributed by atoms with Crippen molar-refractivity contribution < 1.29 is 14.7 Å². The van der Waals surface area contributed by atoms with Crippen molar-refractivity contribution in [1.29, 1.82) is 0 Å². The maximum absolute atomic E-state index is 12.4. The third-order valence-electron chi connectivity index (χ3n) is 4.48. The van der Waals surface area contributed by atoms with E-state index in [2.05, 4.69) is 20.3 Å². The summed E-state index contributed by atoms with van der Waals surface area (Å²) < 4.78 is 0. The van der Waals surface area contributed by atoms with Gasteiger partial charge in [0.15, 0.2) is 0 Å². The van der Waals surface area contributed by atoms with Gasteiger partial charge in [0.1, 0.15) is 11.4 Å². The van der Waals surface area contributed by atoms with Gasteiger partial charge < -0.3 is 20.4 Å². The Morgan fingerprint density at radius 1 is 1.03 bits per heavy atom. The van der Waals surface area contributed by atoms with E-state index in [4.69, 9.17) is 5.11 Å². The minimum absolute atomic E-state index is 0.120. The second-order valence-electron chi connectivity index (χ2n) is 6.46. The smallest absolute Gasteiger partial charge is 0.352 e. The first-order valence-corrected chi connectivity index (χ1v) is 8.78. The first kappa shape index (κ1) is 18.2. The standard InChI is InChI=1S/C21H16N4O4/c26-19-4-1-12(10-23-19)11-24-20(27)17-8-14(5-6-22-17)13-2-3-16-15(7-13)9-18(25-16)21(28)29/h1-10,25H,11H2,(H,23,26)(H,24,27)(H,28,29). The van der Waals surface area contributed by atoms with Gasteiger partial charge in [-0.2, -0.15) is 0 Å². The fraction of sp³-hybridized carbons (Fsp3) is 0.0476. The predicted octanol–water partition coefficient (Wildman–Crippen LogP) is 2.55. The highest BCUT2D eigenvalue weighted by atomic mass is 16.4. The zero-order valence-electron chi connectivity index (χ0n) is 15.1. The normalized spacial score (nSPS) is 10.8. The summed E-state index contributed by atoms with van der Waals surface area (Å²) in [5, 5.41) is 12.6. The summed E-state index contributed by atoms with van der Waals surface area (Å²) in [5.41, 5.74) is 3.28. The van der Waals surface area contributed by atoms with Crippen LogP contribution >= 0.6 is 0 Å². The Morgan fingerprint density at radius 2 is 1.86 bits per heavy atom. The molecule has 0 saturated heterocycles. The monoisotopic (exact) mass is 388 g/mol. The van der Waals surface area contributed by atoms with Crippen molar-refractivity contribution in [3.8, 4) is 11.1 Å². The summed E-state index contributed by atoms with van der Waals surface area (Å²) in [6.07, 6.45) is 3.10. The topological polar surface area (TPSA) is 128 Å². The third-order valence-corrected chi connectivity index (χ3v) is 4.48. The molecule has 3 aromatic heterocycles. The molecular formula is C21H16N4O4. The van der Waals surface area contributed by atoms with Gasteiger partial charge in [0.2, 0.25) is 5.56 Å². The van der Waals surface area contributed by atoms with Crippen LogP contribution < -0.4 is 10.9 Å². The van der Waals surface area contributed by atoms with Crippen LogP contribution in [0.1, 0.15) is 26.5 Å². The van der Waals surface area contributed by atoms with Gasteiger partial charge in [0.25, 0.3) is 5.91 Å². The fourth-order valence-electron chi connectivity index (χ4n) is 2.99. The van der Waals surface area contributed by atoms with E-state index in [0.717, 1.165) is 27.6 Å². The summed E-state index contributed by atoms with van der Waals surface area (Å²) in [6, 6.07) is 13.6. The lowest BCUT2D eigenvalue weighted by Crippen LogP contribution is -2.24. The number of fused-ring (bicyclic) bond motifs is 1. The van der Waals surface area contributed by atoms with E-state index in [0.29, 0.717) is 0 Å². The van der Waals surface area contributed by atoms with Crippen LogP contribution in [-0.2, 0) is 6.54 Å². The van der Waals surface area contributed by atoms with E-state index in [1.807, 2.05) is 12.1 Å². The first-order chi connectivity index (χ1) is 14.0. The lowest BCUT2D eigenvalue weighted by molar-refractivity contribution is 0.0691. The molecule has 1 amide bonds. The number of carbonyl (C=O) groups excluding carboxylic acids is 1. The van der Waals surface area contributed by atoms with E-state index in [9.17, 15) is 14.4 Å². The first-order valence-electron chi connectivity index (χ1n) is 8.78. The largest absolute Gasteiger partial charge is 0.477 e. The third kappa shape index (κ3) is 3.91. The van der Waals surface area contributed by atoms with Gasteiger partial charge in [-0.15, -0.1) is 0 Å². The maximum atomic E-state index is 12.4. The number of benzene rings is 1. The second kappa shape index (κ2) is 7.43. The molecule has 0 fully saturated rings. The molecule has 0 unspecified atom stereocenters. The maximum Gasteiger partial charge on any atom is 0.352 e. The highest BCUT2D eigenvalue weighted by Gasteiger charge is 2.11. The Morgan fingerprint density at radius 3 is 2.62 bits per heavy atom. The predicted molar refractivity (Wildman–Crippen MR) is 107 cm³/mol. The lowest BCUT2D eigenvalue weighted by Gasteiger charge is -2.07. The highest BCUT2D eigenvalue weighted by Crippen LogP contribution is 2.25. The average Bonchev–Trinajstić information content (AvgIpc) is 3.17. The van der Waals surface area contributed by atoms with Gasteiger partial charge in [0, 0.05) is 35.9 Å². The molecule has 29 heavy (non-hydrogen) atoms. The Balaban J connectivity index is 1.55. The minimum Gasteiger partial charge on any atom is -0.477 e. The summed E-state index contributed by atoms with van der Waals surface area (Å²) in [7, 11) is 0. The van der Waals surface area contributed by atoms with Gasteiger partial charge in [-0.1, -0.05) is 12.1 Å². The fourth-order valence-corrected chi connectivity index (χ4v) is 2.99. The minimum atomic E-state index is -1.02. The molecular weight excluding hydrogens is 372 g/mol. The molecule has 0 bridgehead atoms. The number of amides is 1. The lowest BCUT2D eigenvalue weighted by atomic mass is 10.0. The van der Waals surface area contributed by atoms with Crippen molar-refractivity contribution >= 4 is 22.8 Å². The number of carboxylic acid groups (broad SMARTS) is 1. The molecule has 4 aromatic rings. The number of nitrogens with one attached hydrogen (secondary N) is 3. The molecule has 0 atom stereocenters. The Hall–Kier alpha value is -4.20. The van der Waals surface area contributed by atoms with Crippen LogP contribution in [0.2, 0.25) is 0 Å². The number of carboxylic acids is 1. The number of pyridine rings is 2. The average molecular weight is 388 g/mol. The quantitative estimate of drug-likeness (QED) is 0.418. The van der Waals surface area contributed by atoms with Crippen molar-refractivity contribution in [1.82, 2.24) is 20.3 Å². The summed E-state index contributed by atoms with van der Waals surface area (Å²) in [5.74, 6) is -1.36. The molecule has 0 aliphatic carbocycles. The Labute approximate surface area is 164 Å². The molecule has 0 aliphatic heterocycles. The molecule has 4 rings (SSSR count). The van der Waals surface area contributed by atoms with E-state index < -0.39 is 5.97 Å². The van der Waals surface area contributed by atoms with Crippen molar-refractivity contribution in [3.05, 3.63) is 88.2 Å². The van der Waals surface area contributed by atoms with Gasteiger partial charge in [-0.3, -0.25) is 14.6 Å². The number of aromatic nitrogens is 3. The van der Waals surface area contributed by atoms with Crippen LogP contribution in [0.3, 0.4) is 0 Å². The Bertz CT molecular complexity index is 1270. The number of hydrogen-bond donors (Lipinski definition) is 4. The van der Waals surface area contributed by atoms with Gasteiger partial charge in [0.05, 0.1) is 0 Å². The number of H-pyrrole nitrogens is 2. The number of carbonyl (C=O) groups is 2. The molecule has 4 N–H and O–H groups in total. The van der Waals surface area contributed by atoms with Crippen LogP contribution in [0.25, 0.3) is 22.0 Å². The van der Waals surface area contributed by atoms with Crippen molar-refractivity contribution in [2.45, 2.75) is 6.54 Å². The van der Waals surface area contributed by atoms with Gasteiger partial charge in [-0.25, -0.2) is 4.79 Å². The van der Waals surface area contributed by atoms with Crippen LogP contribution in [0.15, 0.2) is 65.7 Å². The number of rotatable bonds is 5. The molecule has 8 heteroatoms. The van der Waals surface area contributed by atoms with Crippen LogP contribution in [0.5, 0.6) is 0 Å². The summed E-state index contributed by atoms with van der Waals surface area (Å²) in [6.45, 7) is 0.259. The number of aromatic carboxylic acids is 1. The molecule has 0 aliphatic rings. The van der Waals surface area contributed by atoms with Crippen molar-refractivity contribution in [3.63, 3.8) is 0 Å². The SMILES string of the molecule is O=C(NCc1ccc(=O)[nH]c1)c1cc(-c2ccc3[nH]c(C(=O)O)cc3c2)ccn1. The molecule has 144 valence electrons. The second-order valence-corrected chi connectivity index (χ2v) is 6.46. The van der Waals surface area contributed by atoms with Crippen LogP contribution in [-0.4, -0.2) is 31.9 Å². The molecule has 3 heterocycles. The number of hydrogen-bond acceptors (Lipinski definition) is 4. The van der Waals surface area contributed by atoms with Crippen molar-refractivity contribution in [2.24, 2.45) is 0 Å². The Kier molecular flexibility index (Phi) is 4.66. The zero-order valence-corrected chi connectivity index (χ0v) is 15.1. The number of nitrogens with zero attached hydrogens (tertiary/aromatic N) is 1. The van der Waals surface area contributed by atoms with E-state index in [1.165, 1.54) is 6.07 Å². The van der Waals surface area contributed by atoms with Gasteiger partial charge >= 0.3 is 5.97 Å². The van der Waals surface area contributed by atoms with Crippen LogP contribution in [0, 0.1) is 0 Å². The van der Waals surface area contributed by atoms with E-state index in [1.54, 1.807) is 42.7 Å². The summed E-state index contributed by atoms with van der Waals surface area (Å²) >= 11 is 0. The van der Waals surface area contributed by atoms with Gasteiger partial charge in [-0.05, 0) is 47.0 Å². The van der Waals surface area contributed by atoms with Crippen molar-refractivity contribution in [2.75, 3.05) is 0 Å². The summed E-state index contributed by atoms with van der Waals surface area (Å²) in [4.78, 5) is 44.2. The molecule has 8 nitrogen and oxygen atoms in total. The van der Waals surface area contributed by atoms with E-state index in [-0.39, 0.29) is 29.4 Å². The van der Waals surface area contributed by atoms with Crippen LogP contribution in [0.4, 0.5) is 0 Å². The van der Waals surface area contributed by atoms with E-state index >= 15 is 0 Å². The molecule has 1 aromatic carbocycles. The molecule has 0 radical (unpaired) electrons. The molecule has 0 saturated carbocycles. The highest BCUT2D eigenvalue weighted by molar-refractivity contribution is 5.96. The molecule has 0 spiro atoms.